The SMILES string of the molecule is Cc1ccc(NC(=O)CSc2nnc(-c3ccccc3)c(-c3ccccc3)n2)cc1Cl. The van der Waals surface area contributed by atoms with Gasteiger partial charge in [0.25, 0.3) is 0 Å². The second kappa shape index (κ2) is 9.73. The van der Waals surface area contributed by atoms with Gasteiger partial charge in [-0.1, -0.05) is 90.1 Å². The number of thioether (sulfide) groups is 1. The first-order chi connectivity index (χ1) is 15.1. The molecule has 0 saturated heterocycles. The topological polar surface area (TPSA) is 67.8 Å². The van der Waals surface area contributed by atoms with Crippen LogP contribution in [0.5, 0.6) is 0 Å². The summed E-state index contributed by atoms with van der Waals surface area (Å²) >= 11 is 7.36. The number of nitrogens with zero attached hydrogens (tertiary/aromatic N) is 3. The third-order valence-corrected chi connectivity index (χ3v) is 5.79. The molecule has 4 aromatic rings. The predicted molar refractivity (Wildman–Crippen MR) is 126 cm³/mol. The second-order valence-corrected chi connectivity index (χ2v) is 8.17. The molecule has 0 fully saturated rings. The number of carbonyl (C=O) groups is 1. The Kier molecular flexibility index (Phi) is 6.60. The van der Waals surface area contributed by atoms with Crippen molar-refractivity contribution in [2.24, 2.45) is 0 Å². The maximum absolute atomic E-state index is 12.4. The summed E-state index contributed by atoms with van der Waals surface area (Å²) in [7, 11) is 0. The summed E-state index contributed by atoms with van der Waals surface area (Å²) in [6.45, 7) is 1.91. The van der Waals surface area contributed by atoms with E-state index in [-0.39, 0.29) is 11.7 Å². The standard InChI is InChI=1S/C24H19ClN4OS/c1-16-12-13-19(14-20(16)25)26-21(30)15-31-24-27-22(17-8-4-2-5-9-17)23(28-29-24)18-10-6-3-7-11-18/h2-14H,15H2,1H3,(H,26,30). The van der Waals surface area contributed by atoms with E-state index in [1.807, 2.05) is 79.7 Å². The number of nitrogens with one attached hydrogen (secondary N) is 1. The van der Waals surface area contributed by atoms with Crippen molar-refractivity contribution in [2.75, 3.05) is 11.1 Å². The molecule has 154 valence electrons. The van der Waals surface area contributed by atoms with Crippen LogP contribution in [0.1, 0.15) is 5.56 Å². The van der Waals surface area contributed by atoms with Crippen LogP contribution < -0.4 is 5.32 Å². The van der Waals surface area contributed by atoms with Crippen LogP contribution in [-0.2, 0) is 4.79 Å². The van der Waals surface area contributed by atoms with Crippen LogP contribution in [-0.4, -0.2) is 26.8 Å². The van der Waals surface area contributed by atoms with Crippen LogP contribution in [0.25, 0.3) is 22.5 Å². The lowest BCUT2D eigenvalue weighted by Gasteiger charge is -2.10. The largest absolute Gasteiger partial charge is 0.325 e. The van der Waals surface area contributed by atoms with Crippen molar-refractivity contribution < 1.29 is 4.79 Å². The van der Waals surface area contributed by atoms with E-state index in [1.165, 1.54) is 11.8 Å². The molecule has 1 aromatic heterocycles. The number of benzene rings is 3. The average Bonchev–Trinajstić information content (AvgIpc) is 2.81. The van der Waals surface area contributed by atoms with Gasteiger partial charge in [0.15, 0.2) is 0 Å². The van der Waals surface area contributed by atoms with Gasteiger partial charge < -0.3 is 5.32 Å². The highest BCUT2D eigenvalue weighted by molar-refractivity contribution is 7.99. The van der Waals surface area contributed by atoms with Gasteiger partial charge in [-0.3, -0.25) is 4.79 Å². The van der Waals surface area contributed by atoms with Gasteiger partial charge in [-0.05, 0) is 24.6 Å². The smallest absolute Gasteiger partial charge is 0.234 e. The van der Waals surface area contributed by atoms with Gasteiger partial charge in [-0.25, -0.2) is 4.98 Å². The van der Waals surface area contributed by atoms with Crippen LogP contribution in [0.4, 0.5) is 5.69 Å². The van der Waals surface area contributed by atoms with Crippen molar-refractivity contribution in [2.45, 2.75) is 12.1 Å². The monoisotopic (exact) mass is 446 g/mol. The van der Waals surface area contributed by atoms with E-state index >= 15 is 0 Å². The molecule has 3 aromatic carbocycles. The molecule has 0 unspecified atom stereocenters. The molecule has 1 amide bonds. The van der Waals surface area contributed by atoms with Crippen LogP contribution in [0.2, 0.25) is 5.02 Å². The Hall–Kier alpha value is -3.22. The lowest BCUT2D eigenvalue weighted by molar-refractivity contribution is -0.113. The Morgan fingerprint density at radius 2 is 1.55 bits per heavy atom. The number of aromatic nitrogens is 3. The van der Waals surface area contributed by atoms with Crippen molar-refractivity contribution in [3.63, 3.8) is 0 Å². The summed E-state index contributed by atoms with van der Waals surface area (Å²) in [6, 6.07) is 25.1. The molecule has 0 spiro atoms. The number of amides is 1. The van der Waals surface area contributed by atoms with Gasteiger partial charge in [0.2, 0.25) is 11.1 Å². The number of halogens is 1. The number of rotatable bonds is 6. The minimum absolute atomic E-state index is 0.159. The Bertz CT molecular complexity index is 1200. The Labute approximate surface area is 189 Å². The molecule has 31 heavy (non-hydrogen) atoms. The zero-order chi connectivity index (χ0) is 21.6. The Morgan fingerprint density at radius 3 is 2.19 bits per heavy atom. The molecular weight excluding hydrogens is 428 g/mol. The summed E-state index contributed by atoms with van der Waals surface area (Å²) in [6.07, 6.45) is 0. The lowest BCUT2D eigenvalue weighted by Crippen LogP contribution is -2.14. The zero-order valence-electron chi connectivity index (χ0n) is 16.7. The molecule has 4 rings (SSSR count). The first-order valence-corrected chi connectivity index (χ1v) is 11.0. The average molecular weight is 447 g/mol. The fraction of sp³-hybridized carbons (Fsp3) is 0.0833. The van der Waals surface area contributed by atoms with Gasteiger partial charge in [0.05, 0.1) is 5.75 Å². The van der Waals surface area contributed by atoms with Gasteiger partial charge in [-0.15, -0.1) is 10.2 Å². The van der Waals surface area contributed by atoms with Crippen LogP contribution in [0, 0.1) is 6.92 Å². The molecular formula is C24H19ClN4OS. The molecule has 1 N–H and O–H groups in total. The molecule has 7 heteroatoms. The highest BCUT2D eigenvalue weighted by atomic mass is 35.5. The first-order valence-electron chi connectivity index (χ1n) is 9.64. The van der Waals surface area contributed by atoms with E-state index in [9.17, 15) is 4.79 Å². The molecule has 0 saturated carbocycles. The predicted octanol–water partition coefficient (Wildman–Crippen LogP) is 5.90. The third kappa shape index (κ3) is 5.29. The highest BCUT2D eigenvalue weighted by Crippen LogP contribution is 2.29. The van der Waals surface area contributed by atoms with E-state index in [2.05, 4.69) is 15.5 Å². The normalized spacial score (nSPS) is 10.6. The zero-order valence-corrected chi connectivity index (χ0v) is 18.3. The third-order valence-electron chi connectivity index (χ3n) is 4.55. The molecule has 0 aliphatic heterocycles. The van der Waals surface area contributed by atoms with Crippen molar-refractivity contribution in [3.05, 3.63) is 89.4 Å². The molecule has 1 heterocycles. The van der Waals surface area contributed by atoms with E-state index < -0.39 is 0 Å². The fourth-order valence-corrected chi connectivity index (χ4v) is 3.73. The van der Waals surface area contributed by atoms with Crippen LogP contribution in [0.15, 0.2) is 84.0 Å². The van der Waals surface area contributed by atoms with Crippen LogP contribution >= 0.6 is 23.4 Å². The second-order valence-electron chi connectivity index (χ2n) is 6.82. The molecule has 0 atom stereocenters. The van der Waals surface area contributed by atoms with E-state index in [0.717, 1.165) is 22.4 Å². The summed E-state index contributed by atoms with van der Waals surface area (Å²) in [5, 5.41) is 12.6. The summed E-state index contributed by atoms with van der Waals surface area (Å²) in [5.41, 5.74) is 4.93. The molecule has 0 aliphatic rings. The first kappa shape index (κ1) is 21.0. The fourth-order valence-electron chi connectivity index (χ4n) is 2.96. The number of aryl methyl sites for hydroxylation is 1. The quantitative estimate of drug-likeness (QED) is 0.373. The van der Waals surface area contributed by atoms with E-state index in [1.54, 1.807) is 6.07 Å². The number of hydrogen-bond donors (Lipinski definition) is 1. The molecule has 0 radical (unpaired) electrons. The minimum atomic E-state index is -0.165. The maximum atomic E-state index is 12.4. The van der Waals surface area contributed by atoms with Crippen molar-refractivity contribution >= 4 is 35.0 Å². The number of anilines is 1. The summed E-state index contributed by atoms with van der Waals surface area (Å²) in [5.74, 6) is -0.00607. The Balaban J connectivity index is 1.54. The number of carbonyl (C=O) groups excluding carboxylic acids is 1. The van der Waals surface area contributed by atoms with Crippen molar-refractivity contribution in [1.82, 2.24) is 15.2 Å². The van der Waals surface area contributed by atoms with Crippen LogP contribution in [0.3, 0.4) is 0 Å². The van der Waals surface area contributed by atoms with Crippen molar-refractivity contribution in [3.8, 4) is 22.5 Å². The molecule has 5 nitrogen and oxygen atoms in total. The number of hydrogen-bond acceptors (Lipinski definition) is 5. The van der Waals surface area contributed by atoms with Gasteiger partial charge >= 0.3 is 0 Å². The molecule has 0 aliphatic carbocycles. The summed E-state index contributed by atoms with van der Waals surface area (Å²) in [4.78, 5) is 17.1. The van der Waals surface area contributed by atoms with Crippen molar-refractivity contribution in [1.29, 1.82) is 0 Å². The summed E-state index contributed by atoms with van der Waals surface area (Å²) < 4.78 is 0. The van der Waals surface area contributed by atoms with Gasteiger partial charge in [0, 0.05) is 21.8 Å². The maximum Gasteiger partial charge on any atom is 0.234 e. The van der Waals surface area contributed by atoms with Gasteiger partial charge in [0.1, 0.15) is 11.4 Å². The Morgan fingerprint density at radius 1 is 0.903 bits per heavy atom. The lowest BCUT2D eigenvalue weighted by atomic mass is 10.0. The highest BCUT2D eigenvalue weighted by Gasteiger charge is 2.14. The minimum Gasteiger partial charge on any atom is -0.325 e. The molecule has 0 bridgehead atoms. The van der Waals surface area contributed by atoms with E-state index in [4.69, 9.17) is 16.6 Å². The van der Waals surface area contributed by atoms with E-state index in [0.29, 0.717) is 21.6 Å². The van der Waals surface area contributed by atoms with Gasteiger partial charge in [-0.2, -0.15) is 0 Å².